The Bertz CT molecular complexity index is 770. The van der Waals surface area contributed by atoms with Crippen molar-refractivity contribution in [3.63, 3.8) is 0 Å². The molecule has 6 nitrogen and oxygen atoms in total. The Morgan fingerprint density at radius 3 is 2.08 bits per heavy atom. The summed E-state index contributed by atoms with van der Waals surface area (Å²) in [5, 5.41) is 0. The molecule has 1 aliphatic rings. The first-order valence-corrected chi connectivity index (χ1v) is 14.7. The SMILES string of the molecule is CCCCC(CC)COC(=O)C(C)(CC)C(C)(C)CC(C)(CC(C)N1CCCC1=O)C(=O)OC(C)(C)C. The van der Waals surface area contributed by atoms with E-state index in [-0.39, 0.29) is 23.9 Å². The predicted molar refractivity (Wildman–Crippen MR) is 150 cm³/mol. The smallest absolute Gasteiger partial charge is 0.312 e. The van der Waals surface area contributed by atoms with Gasteiger partial charge in [0.1, 0.15) is 5.60 Å². The lowest BCUT2D eigenvalue weighted by atomic mass is 9.58. The van der Waals surface area contributed by atoms with Gasteiger partial charge in [0, 0.05) is 19.0 Å². The summed E-state index contributed by atoms with van der Waals surface area (Å²) in [6, 6.07) is -0.0907. The monoisotopic (exact) mass is 523 g/mol. The molecule has 1 heterocycles. The highest BCUT2D eigenvalue weighted by atomic mass is 16.6. The third kappa shape index (κ3) is 8.99. The van der Waals surface area contributed by atoms with Crippen LogP contribution in [0.2, 0.25) is 0 Å². The van der Waals surface area contributed by atoms with Gasteiger partial charge in [-0.15, -0.1) is 0 Å². The number of amides is 1. The van der Waals surface area contributed by atoms with Crippen LogP contribution in [0.4, 0.5) is 0 Å². The average molecular weight is 524 g/mol. The summed E-state index contributed by atoms with van der Waals surface area (Å²) in [7, 11) is 0. The molecule has 0 bridgehead atoms. The summed E-state index contributed by atoms with van der Waals surface area (Å²) in [4.78, 5) is 41.6. The molecule has 4 unspecified atom stereocenters. The van der Waals surface area contributed by atoms with Crippen molar-refractivity contribution in [1.29, 1.82) is 0 Å². The van der Waals surface area contributed by atoms with Gasteiger partial charge in [-0.25, -0.2) is 0 Å². The van der Waals surface area contributed by atoms with Gasteiger partial charge in [-0.2, -0.15) is 0 Å². The number of hydrogen-bond donors (Lipinski definition) is 0. The number of esters is 2. The van der Waals surface area contributed by atoms with Crippen LogP contribution in [-0.2, 0) is 23.9 Å². The van der Waals surface area contributed by atoms with Crippen LogP contribution < -0.4 is 0 Å². The molecule has 0 aromatic heterocycles. The Kier molecular flexibility index (Phi) is 12.2. The molecule has 37 heavy (non-hydrogen) atoms. The quantitative estimate of drug-likeness (QED) is 0.210. The maximum Gasteiger partial charge on any atom is 0.312 e. The minimum absolute atomic E-state index is 0.0907. The van der Waals surface area contributed by atoms with Crippen LogP contribution in [0.5, 0.6) is 0 Å². The number of nitrogens with zero attached hydrogens (tertiary/aromatic N) is 1. The van der Waals surface area contributed by atoms with Crippen LogP contribution in [0, 0.1) is 22.2 Å². The van der Waals surface area contributed by atoms with E-state index in [1.165, 1.54) is 0 Å². The van der Waals surface area contributed by atoms with Gasteiger partial charge in [-0.3, -0.25) is 14.4 Å². The molecule has 4 atom stereocenters. The van der Waals surface area contributed by atoms with Gasteiger partial charge in [0.25, 0.3) is 0 Å². The molecular formula is C31H57NO5. The minimum Gasteiger partial charge on any atom is -0.465 e. The highest BCUT2D eigenvalue weighted by molar-refractivity contribution is 5.80. The molecular weight excluding hydrogens is 466 g/mol. The van der Waals surface area contributed by atoms with Crippen LogP contribution in [0.25, 0.3) is 0 Å². The van der Waals surface area contributed by atoms with Gasteiger partial charge < -0.3 is 14.4 Å². The Morgan fingerprint density at radius 2 is 1.62 bits per heavy atom. The molecule has 216 valence electrons. The lowest BCUT2D eigenvalue weighted by Crippen LogP contribution is -2.50. The van der Waals surface area contributed by atoms with E-state index in [0.29, 0.717) is 38.2 Å². The van der Waals surface area contributed by atoms with Crippen LogP contribution in [0.3, 0.4) is 0 Å². The number of hydrogen-bond acceptors (Lipinski definition) is 5. The second-order valence-corrected chi connectivity index (χ2v) is 13.6. The highest BCUT2D eigenvalue weighted by Crippen LogP contribution is 2.51. The Labute approximate surface area is 227 Å². The van der Waals surface area contributed by atoms with Crippen molar-refractivity contribution >= 4 is 17.8 Å². The number of carbonyl (C=O) groups is 3. The van der Waals surface area contributed by atoms with Crippen molar-refractivity contribution in [2.75, 3.05) is 13.2 Å². The Balaban J connectivity index is 3.22. The zero-order chi connectivity index (χ0) is 28.7. The summed E-state index contributed by atoms with van der Waals surface area (Å²) >= 11 is 0. The molecule has 1 amide bonds. The normalized spacial score (nSPS) is 19.6. The van der Waals surface area contributed by atoms with Crippen LogP contribution in [0.1, 0.15) is 134 Å². The van der Waals surface area contributed by atoms with E-state index < -0.39 is 21.8 Å². The summed E-state index contributed by atoms with van der Waals surface area (Å²) in [6.07, 6.45) is 7.29. The number of ether oxygens (including phenoxy) is 2. The molecule has 0 aliphatic carbocycles. The van der Waals surface area contributed by atoms with E-state index in [0.717, 1.165) is 38.6 Å². The summed E-state index contributed by atoms with van der Waals surface area (Å²) in [5.41, 5.74) is -2.82. The highest BCUT2D eigenvalue weighted by Gasteiger charge is 2.53. The Morgan fingerprint density at radius 1 is 1.00 bits per heavy atom. The molecule has 1 saturated heterocycles. The number of rotatable bonds is 15. The zero-order valence-corrected chi connectivity index (χ0v) is 25.9. The average Bonchev–Trinajstić information content (AvgIpc) is 3.22. The first kappa shape index (κ1) is 33.4. The lowest BCUT2D eigenvalue weighted by molar-refractivity contribution is -0.177. The van der Waals surface area contributed by atoms with Crippen molar-refractivity contribution in [3.05, 3.63) is 0 Å². The van der Waals surface area contributed by atoms with Gasteiger partial charge in [0.05, 0.1) is 17.4 Å². The first-order chi connectivity index (χ1) is 17.0. The minimum atomic E-state index is -0.872. The molecule has 1 rings (SSSR count). The van der Waals surface area contributed by atoms with E-state index in [9.17, 15) is 14.4 Å². The van der Waals surface area contributed by atoms with E-state index in [1.807, 2.05) is 53.4 Å². The standard InChI is InChI=1S/C31H57NO5/c1-12-15-17-24(13-2)21-36-27(35)31(11,14-3)29(8,9)22-30(10,26(34)37-28(5,6)7)20-23(4)32-19-16-18-25(32)33/h23-24H,12-22H2,1-11H3. The molecule has 0 N–H and O–H groups in total. The molecule has 1 fully saturated rings. The maximum atomic E-state index is 13.7. The predicted octanol–water partition coefficient (Wildman–Crippen LogP) is 7.33. The maximum absolute atomic E-state index is 13.7. The van der Waals surface area contributed by atoms with Gasteiger partial charge in [0.15, 0.2) is 0 Å². The van der Waals surface area contributed by atoms with E-state index in [1.54, 1.807) is 0 Å². The molecule has 0 spiro atoms. The van der Waals surface area contributed by atoms with Crippen molar-refractivity contribution in [2.45, 2.75) is 146 Å². The fourth-order valence-electron chi connectivity index (χ4n) is 5.85. The van der Waals surface area contributed by atoms with Gasteiger partial charge in [-0.1, -0.05) is 53.9 Å². The summed E-state index contributed by atoms with van der Waals surface area (Å²) in [5.74, 6) is 0.0566. The van der Waals surface area contributed by atoms with E-state index in [4.69, 9.17) is 9.47 Å². The number of carbonyl (C=O) groups excluding carboxylic acids is 3. The van der Waals surface area contributed by atoms with Crippen LogP contribution in [0.15, 0.2) is 0 Å². The molecule has 0 aromatic carbocycles. The third-order valence-electron chi connectivity index (χ3n) is 8.76. The van der Waals surface area contributed by atoms with Gasteiger partial charge in [0.2, 0.25) is 5.91 Å². The Hall–Kier alpha value is -1.59. The lowest BCUT2D eigenvalue weighted by Gasteiger charge is -2.47. The van der Waals surface area contributed by atoms with E-state index in [2.05, 4.69) is 27.7 Å². The molecule has 0 radical (unpaired) electrons. The fraction of sp³-hybridized carbons (Fsp3) is 0.903. The summed E-state index contributed by atoms with van der Waals surface area (Å²) < 4.78 is 11.9. The molecule has 0 saturated carbocycles. The topological polar surface area (TPSA) is 72.9 Å². The second kappa shape index (κ2) is 13.5. The number of likely N-dealkylation sites (tertiary alicyclic amines) is 1. The third-order valence-corrected chi connectivity index (χ3v) is 8.76. The zero-order valence-electron chi connectivity index (χ0n) is 25.9. The van der Waals surface area contributed by atoms with Crippen molar-refractivity contribution in [3.8, 4) is 0 Å². The van der Waals surface area contributed by atoms with Crippen LogP contribution >= 0.6 is 0 Å². The van der Waals surface area contributed by atoms with Gasteiger partial charge >= 0.3 is 11.9 Å². The first-order valence-electron chi connectivity index (χ1n) is 14.7. The molecule has 0 aromatic rings. The van der Waals surface area contributed by atoms with Crippen molar-refractivity contribution < 1.29 is 23.9 Å². The van der Waals surface area contributed by atoms with Gasteiger partial charge in [-0.05, 0) is 85.0 Å². The fourth-order valence-corrected chi connectivity index (χ4v) is 5.85. The second-order valence-electron chi connectivity index (χ2n) is 13.6. The van der Waals surface area contributed by atoms with Crippen LogP contribution in [-0.4, -0.2) is 47.5 Å². The number of unbranched alkanes of at least 4 members (excludes halogenated alkanes) is 1. The molecule has 6 heteroatoms. The van der Waals surface area contributed by atoms with E-state index >= 15 is 0 Å². The van der Waals surface area contributed by atoms with Crippen molar-refractivity contribution in [1.82, 2.24) is 4.90 Å². The molecule has 1 aliphatic heterocycles. The summed E-state index contributed by atoms with van der Waals surface area (Å²) in [6.45, 7) is 23.2. The largest absolute Gasteiger partial charge is 0.465 e. The van der Waals surface area contributed by atoms with Crippen molar-refractivity contribution in [2.24, 2.45) is 22.2 Å².